The number of thiophene rings is 1. The van der Waals surface area contributed by atoms with Gasteiger partial charge in [-0.1, -0.05) is 31.5 Å². The smallest absolute Gasteiger partial charge is 0.329 e. The van der Waals surface area contributed by atoms with E-state index < -0.39 is 30.3 Å². The fourth-order valence-electron chi connectivity index (χ4n) is 2.12. The van der Waals surface area contributed by atoms with Crippen LogP contribution in [-0.4, -0.2) is 30.4 Å². The lowest BCUT2D eigenvalue weighted by Gasteiger charge is -2.20. The molecule has 0 unspecified atom stereocenters. The highest BCUT2D eigenvalue weighted by atomic mass is 35.5. The Morgan fingerprint density at radius 2 is 2.00 bits per heavy atom. The van der Waals surface area contributed by atoms with Gasteiger partial charge in [-0.05, 0) is 35.6 Å². The Morgan fingerprint density at radius 1 is 1.26 bits per heavy atom. The lowest BCUT2D eigenvalue weighted by molar-refractivity contribution is -0.150. The van der Waals surface area contributed by atoms with Crippen LogP contribution in [0.25, 0.3) is 0 Å². The van der Waals surface area contributed by atoms with E-state index in [4.69, 9.17) is 16.3 Å². The van der Waals surface area contributed by atoms with Crippen LogP contribution in [0.1, 0.15) is 23.5 Å². The van der Waals surface area contributed by atoms with Crippen LogP contribution in [0.5, 0.6) is 0 Å². The minimum Gasteiger partial charge on any atom is -0.454 e. The third kappa shape index (κ3) is 6.04. The molecule has 2 amide bonds. The Kier molecular flexibility index (Phi) is 7.32. The average Bonchev–Trinajstić information content (AvgIpc) is 3.14. The van der Waals surface area contributed by atoms with E-state index in [0.717, 1.165) is 12.1 Å². The van der Waals surface area contributed by atoms with E-state index >= 15 is 0 Å². The summed E-state index contributed by atoms with van der Waals surface area (Å²) in [6.07, 6.45) is 0. The molecule has 2 rings (SSSR count). The van der Waals surface area contributed by atoms with Crippen molar-refractivity contribution in [3.05, 3.63) is 51.4 Å². The molecule has 0 aliphatic carbocycles. The second kappa shape index (κ2) is 9.48. The number of carbonyl (C=O) groups excluding carboxylic acids is 3. The molecule has 0 saturated heterocycles. The Labute approximate surface area is 164 Å². The van der Waals surface area contributed by atoms with Crippen molar-refractivity contribution in [3.63, 3.8) is 0 Å². The number of hydrogen-bond donors (Lipinski definition) is 2. The molecule has 6 nitrogen and oxygen atoms in total. The van der Waals surface area contributed by atoms with Crippen LogP contribution in [0, 0.1) is 11.7 Å². The van der Waals surface area contributed by atoms with Gasteiger partial charge in [0.2, 0.25) is 0 Å². The second-order valence-electron chi connectivity index (χ2n) is 5.95. The number of rotatable bonds is 7. The quantitative estimate of drug-likeness (QED) is 0.682. The van der Waals surface area contributed by atoms with Crippen molar-refractivity contribution >= 4 is 46.4 Å². The molecule has 0 saturated carbocycles. The number of anilines is 1. The number of nitrogens with one attached hydrogen (secondary N) is 2. The van der Waals surface area contributed by atoms with Gasteiger partial charge in [-0.25, -0.2) is 9.18 Å². The number of hydrogen-bond acceptors (Lipinski definition) is 5. The van der Waals surface area contributed by atoms with Crippen molar-refractivity contribution < 1.29 is 23.5 Å². The molecule has 9 heteroatoms. The van der Waals surface area contributed by atoms with E-state index in [0.29, 0.717) is 4.88 Å². The number of ether oxygens (including phenoxy) is 1. The molecule has 0 spiro atoms. The number of benzene rings is 1. The van der Waals surface area contributed by atoms with Crippen LogP contribution in [0.2, 0.25) is 5.02 Å². The van der Waals surface area contributed by atoms with Gasteiger partial charge in [-0.3, -0.25) is 9.59 Å². The summed E-state index contributed by atoms with van der Waals surface area (Å²) in [5, 5.41) is 6.81. The molecule has 1 aromatic carbocycles. The average molecular weight is 413 g/mol. The van der Waals surface area contributed by atoms with Gasteiger partial charge < -0.3 is 15.4 Å². The predicted octanol–water partition coefficient (Wildman–Crippen LogP) is 3.48. The summed E-state index contributed by atoms with van der Waals surface area (Å²) in [6.45, 7) is 2.93. The lowest BCUT2D eigenvalue weighted by atomic mass is 10.0. The van der Waals surface area contributed by atoms with Crippen LogP contribution < -0.4 is 10.6 Å². The van der Waals surface area contributed by atoms with E-state index in [-0.39, 0.29) is 22.5 Å². The van der Waals surface area contributed by atoms with Crippen LogP contribution in [0.3, 0.4) is 0 Å². The Hall–Kier alpha value is -2.45. The van der Waals surface area contributed by atoms with Crippen molar-refractivity contribution in [2.24, 2.45) is 5.92 Å². The third-order valence-electron chi connectivity index (χ3n) is 3.50. The maximum atomic E-state index is 13.0. The van der Waals surface area contributed by atoms with E-state index in [9.17, 15) is 18.8 Å². The first-order valence-corrected chi connectivity index (χ1v) is 9.29. The molecule has 0 radical (unpaired) electrons. The number of amides is 2. The topological polar surface area (TPSA) is 84.5 Å². The molecule has 1 aromatic heterocycles. The summed E-state index contributed by atoms with van der Waals surface area (Å²) >= 11 is 7.08. The molecular formula is C18H18ClFN2O4S. The molecule has 1 atom stereocenters. The monoisotopic (exact) mass is 412 g/mol. The summed E-state index contributed by atoms with van der Waals surface area (Å²) < 4.78 is 18.0. The number of esters is 1. The standard InChI is InChI=1S/C18H18ClFN2O4S/c1-10(2)16(22-17(24)14-4-3-7-27-14)18(25)26-9-15(23)21-13-6-5-11(20)8-12(13)19/h3-8,10,16H,9H2,1-2H3,(H,21,23)(H,22,24)/t16-/m1/s1. The molecular weight excluding hydrogens is 395 g/mol. The van der Waals surface area contributed by atoms with Crippen LogP contribution in [0.15, 0.2) is 35.7 Å². The van der Waals surface area contributed by atoms with E-state index in [1.54, 1.807) is 31.4 Å². The van der Waals surface area contributed by atoms with E-state index in [2.05, 4.69) is 10.6 Å². The van der Waals surface area contributed by atoms with Crippen LogP contribution in [0.4, 0.5) is 10.1 Å². The lowest BCUT2D eigenvalue weighted by Crippen LogP contribution is -2.45. The zero-order chi connectivity index (χ0) is 20.0. The largest absolute Gasteiger partial charge is 0.454 e. The fraction of sp³-hybridized carbons (Fsp3) is 0.278. The van der Waals surface area contributed by atoms with Gasteiger partial charge in [-0.15, -0.1) is 11.3 Å². The first-order chi connectivity index (χ1) is 12.8. The SMILES string of the molecule is CC(C)[C@@H](NC(=O)c1cccs1)C(=O)OCC(=O)Nc1ccc(F)cc1Cl. The summed E-state index contributed by atoms with van der Waals surface area (Å²) in [5.74, 6) is -2.52. The Balaban J connectivity index is 1.91. The highest BCUT2D eigenvalue weighted by Gasteiger charge is 2.27. The van der Waals surface area contributed by atoms with Crippen molar-refractivity contribution in [2.75, 3.05) is 11.9 Å². The third-order valence-corrected chi connectivity index (χ3v) is 4.68. The number of halogens is 2. The molecule has 144 valence electrons. The van der Waals surface area contributed by atoms with Gasteiger partial charge in [-0.2, -0.15) is 0 Å². The van der Waals surface area contributed by atoms with E-state index in [1.807, 2.05) is 0 Å². The summed E-state index contributed by atoms with van der Waals surface area (Å²) in [4.78, 5) is 36.8. The molecule has 27 heavy (non-hydrogen) atoms. The van der Waals surface area contributed by atoms with Crippen molar-refractivity contribution in [3.8, 4) is 0 Å². The minimum atomic E-state index is -0.901. The zero-order valence-electron chi connectivity index (χ0n) is 14.6. The Morgan fingerprint density at radius 3 is 2.59 bits per heavy atom. The Bertz CT molecular complexity index is 827. The maximum absolute atomic E-state index is 13.0. The van der Waals surface area contributed by atoms with Crippen molar-refractivity contribution in [2.45, 2.75) is 19.9 Å². The van der Waals surface area contributed by atoms with Gasteiger partial charge in [0.05, 0.1) is 15.6 Å². The molecule has 0 aliphatic heterocycles. The summed E-state index contributed by atoms with van der Waals surface area (Å²) in [7, 11) is 0. The fourth-order valence-corrected chi connectivity index (χ4v) is 2.96. The predicted molar refractivity (Wildman–Crippen MR) is 101 cm³/mol. The highest BCUT2D eigenvalue weighted by molar-refractivity contribution is 7.12. The second-order valence-corrected chi connectivity index (χ2v) is 7.31. The van der Waals surface area contributed by atoms with Gasteiger partial charge in [0.15, 0.2) is 6.61 Å². The van der Waals surface area contributed by atoms with Crippen molar-refractivity contribution in [1.82, 2.24) is 5.32 Å². The molecule has 1 heterocycles. The first kappa shape index (κ1) is 20.9. The summed E-state index contributed by atoms with van der Waals surface area (Å²) in [5.41, 5.74) is 0.200. The number of carbonyl (C=O) groups is 3. The van der Waals surface area contributed by atoms with Crippen molar-refractivity contribution in [1.29, 1.82) is 0 Å². The zero-order valence-corrected chi connectivity index (χ0v) is 16.2. The molecule has 0 bridgehead atoms. The maximum Gasteiger partial charge on any atom is 0.329 e. The molecule has 0 fully saturated rings. The summed E-state index contributed by atoms with van der Waals surface area (Å²) in [6, 6.07) is 5.97. The van der Waals surface area contributed by atoms with Gasteiger partial charge in [0.1, 0.15) is 11.9 Å². The van der Waals surface area contributed by atoms with Crippen LogP contribution >= 0.6 is 22.9 Å². The minimum absolute atomic E-state index is 0.0259. The normalized spacial score (nSPS) is 11.7. The molecule has 0 aliphatic rings. The van der Waals surface area contributed by atoms with Crippen LogP contribution in [-0.2, 0) is 14.3 Å². The van der Waals surface area contributed by atoms with Gasteiger partial charge >= 0.3 is 5.97 Å². The highest BCUT2D eigenvalue weighted by Crippen LogP contribution is 2.22. The van der Waals surface area contributed by atoms with E-state index in [1.165, 1.54) is 17.4 Å². The first-order valence-electron chi connectivity index (χ1n) is 8.04. The van der Waals surface area contributed by atoms with Gasteiger partial charge in [0, 0.05) is 0 Å². The molecule has 2 aromatic rings. The molecule has 2 N–H and O–H groups in total. The van der Waals surface area contributed by atoms with Gasteiger partial charge in [0.25, 0.3) is 11.8 Å².